The normalized spacial score (nSPS) is 12.9. The Kier molecular flexibility index (Phi) is 2.84. The first-order valence-electron chi connectivity index (χ1n) is 4.92. The molecule has 0 fully saturated rings. The van der Waals surface area contributed by atoms with E-state index in [1.165, 1.54) is 4.70 Å². The minimum Gasteiger partial charge on any atom is -0.310 e. The number of carbonyl (C=O) groups is 1. The van der Waals surface area contributed by atoms with Crippen LogP contribution in [0.5, 0.6) is 0 Å². The Hall–Kier alpha value is -1.19. The number of carbonyl (C=O) groups excluding carboxylic acids is 1. The first-order chi connectivity index (χ1) is 7.22. The number of rotatable bonds is 3. The number of Topliss-reactive ketones (excluding diaryl/α,β-unsaturated/α-hetero) is 1. The topological polar surface area (TPSA) is 29.1 Å². The number of fused-ring (bicyclic) bond motifs is 1. The van der Waals surface area contributed by atoms with Gasteiger partial charge in [0.2, 0.25) is 0 Å². The van der Waals surface area contributed by atoms with Gasteiger partial charge in [-0.3, -0.25) is 4.79 Å². The molecule has 1 aromatic carbocycles. The van der Waals surface area contributed by atoms with Crippen LogP contribution in [0.15, 0.2) is 30.3 Å². The second-order valence-electron chi connectivity index (χ2n) is 3.52. The van der Waals surface area contributed by atoms with Gasteiger partial charge in [-0.2, -0.15) is 0 Å². The number of benzene rings is 1. The lowest BCUT2D eigenvalue weighted by molar-refractivity contribution is 0.0959. The molecular weight excluding hydrogens is 206 g/mol. The Morgan fingerprint density at radius 3 is 2.80 bits per heavy atom. The molecule has 0 aliphatic carbocycles. The summed E-state index contributed by atoms with van der Waals surface area (Å²) in [7, 11) is 1.80. The second kappa shape index (κ2) is 4.13. The molecule has 0 amide bonds. The van der Waals surface area contributed by atoms with Crippen LogP contribution < -0.4 is 5.32 Å². The second-order valence-corrected chi connectivity index (χ2v) is 4.61. The monoisotopic (exact) mass is 219 g/mol. The molecule has 1 atom stereocenters. The first kappa shape index (κ1) is 10.3. The number of thiophene rings is 1. The summed E-state index contributed by atoms with van der Waals surface area (Å²) in [6, 6.07) is 9.92. The van der Waals surface area contributed by atoms with Crippen LogP contribution in [-0.4, -0.2) is 18.9 Å². The molecule has 0 aliphatic rings. The largest absolute Gasteiger partial charge is 0.310 e. The van der Waals surface area contributed by atoms with E-state index in [1.54, 1.807) is 18.4 Å². The van der Waals surface area contributed by atoms with Crippen molar-refractivity contribution in [1.82, 2.24) is 5.32 Å². The molecule has 0 saturated heterocycles. The molecule has 1 aromatic heterocycles. The maximum Gasteiger partial charge on any atom is 0.189 e. The van der Waals surface area contributed by atoms with E-state index in [0.717, 1.165) is 10.3 Å². The van der Waals surface area contributed by atoms with Gasteiger partial charge in [0.1, 0.15) is 0 Å². The quantitative estimate of drug-likeness (QED) is 0.804. The lowest BCUT2D eigenvalue weighted by atomic mass is 10.1. The van der Waals surface area contributed by atoms with Crippen molar-refractivity contribution >= 4 is 27.2 Å². The highest BCUT2D eigenvalue weighted by molar-refractivity contribution is 7.20. The maximum absolute atomic E-state index is 11.9. The molecule has 2 aromatic rings. The van der Waals surface area contributed by atoms with Gasteiger partial charge in [0.25, 0.3) is 0 Å². The third-order valence-electron chi connectivity index (χ3n) is 2.49. The van der Waals surface area contributed by atoms with Crippen LogP contribution in [0.3, 0.4) is 0 Å². The van der Waals surface area contributed by atoms with Crippen molar-refractivity contribution in [2.24, 2.45) is 0 Å². The highest BCUT2D eigenvalue weighted by Crippen LogP contribution is 2.26. The zero-order valence-corrected chi connectivity index (χ0v) is 9.60. The van der Waals surface area contributed by atoms with Gasteiger partial charge < -0.3 is 5.32 Å². The highest BCUT2D eigenvalue weighted by Gasteiger charge is 2.15. The summed E-state index contributed by atoms with van der Waals surface area (Å²) in [6.07, 6.45) is 0. The molecule has 0 aliphatic heterocycles. The van der Waals surface area contributed by atoms with Crippen molar-refractivity contribution in [3.63, 3.8) is 0 Å². The van der Waals surface area contributed by atoms with E-state index >= 15 is 0 Å². The Morgan fingerprint density at radius 2 is 2.13 bits per heavy atom. The fourth-order valence-electron chi connectivity index (χ4n) is 1.45. The van der Waals surface area contributed by atoms with Crippen LogP contribution in [0.25, 0.3) is 10.1 Å². The van der Waals surface area contributed by atoms with Gasteiger partial charge in [0.15, 0.2) is 5.78 Å². The summed E-state index contributed by atoms with van der Waals surface area (Å²) < 4.78 is 1.17. The Balaban J connectivity index is 2.41. The van der Waals surface area contributed by atoms with Crippen molar-refractivity contribution in [3.8, 4) is 0 Å². The van der Waals surface area contributed by atoms with Gasteiger partial charge in [-0.15, -0.1) is 11.3 Å². The summed E-state index contributed by atoms with van der Waals surface area (Å²) in [5.74, 6) is 0.165. The van der Waals surface area contributed by atoms with E-state index in [0.29, 0.717) is 0 Å². The SMILES string of the molecule is CN[C@H](C)C(=O)c1cc2ccccc2s1. The van der Waals surface area contributed by atoms with Gasteiger partial charge in [0.05, 0.1) is 10.9 Å². The fraction of sp³-hybridized carbons (Fsp3) is 0.250. The lowest BCUT2D eigenvalue weighted by Gasteiger charge is -2.05. The fourth-order valence-corrected chi connectivity index (χ4v) is 2.54. The maximum atomic E-state index is 11.9. The molecule has 15 heavy (non-hydrogen) atoms. The van der Waals surface area contributed by atoms with E-state index in [-0.39, 0.29) is 11.8 Å². The van der Waals surface area contributed by atoms with Gasteiger partial charge in [0, 0.05) is 4.70 Å². The molecule has 0 saturated carbocycles. The molecular formula is C12H13NOS. The van der Waals surface area contributed by atoms with Crippen molar-refractivity contribution in [3.05, 3.63) is 35.2 Å². The number of nitrogens with one attached hydrogen (secondary N) is 1. The number of hydrogen-bond acceptors (Lipinski definition) is 3. The van der Waals surface area contributed by atoms with Crippen LogP contribution in [0.4, 0.5) is 0 Å². The molecule has 78 valence electrons. The summed E-state index contributed by atoms with van der Waals surface area (Å²) in [4.78, 5) is 12.7. The highest BCUT2D eigenvalue weighted by atomic mass is 32.1. The van der Waals surface area contributed by atoms with Crippen LogP contribution in [0.1, 0.15) is 16.6 Å². The number of ketones is 1. The van der Waals surface area contributed by atoms with Crippen molar-refractivity contribution in [2.75, 3.05) is 7.05 Å². The van der Waals surface area contributed by atoms with E-state index < -0.39 is 0 Å². The van der Waals surface area contributed by atoms with Gasteiger partial charge in [-0.1, -0.05) is 18.2 Å². The summed E-state index contributed by atoms with van der Waals surface area (Å²) >= 11 is 1.56. The average molecular weight is 219 g/mol. The predicted octanol–water partition coefficient (Wildman–Crippen LogP) is 2.69. The van der Waals surface area contributed by atoms with Gasteiger partial charge >= 0.3 is 0 Å². The molecule has 1 heterocycles. The zero-order valence-electron chi connectivity index (χ0n) is 8.78. The van der Waals surface area contributed by atoms with E-state index in [9.17, 15) is 4.79 Å². The minimum absolute atomic E-state index is 0.113. The third kappa shape index (κ3) is 1.94. The summed E-state index contributed by atoms with van der Waals surface area (Å²) in [5, 5.41) is 4.11. The van der Waals surface area contributed by atoms with Crippen molar-refractivity contribution in [2.45, 2.75) is 13.0 Å². The molecule has 0 radical (unpaired) electrons. The summed E-state index contributed by atoms with van der Waals surface area (Å²) in [5.41, 5.74) is 0. The third-order valence-corrected chi connectivity index (χ3v) is 3.63. The molecule has 0 spiro atoms. The van der Waals surface area contributed by atoms with Crippen LogP contribution in [-0.2, 0) is 0 Å². The predicted molar refractivity (Wildman–Crippen MR) is 64.7 cm³/mol. The van der Waals surface area contributed by atoms with Crippen molar-refractivity contribution < 1.29 is 4.79 Å². The molecule has 1 N–H and O–H groups in total. The van der Waals surface area contributed by atoms with Crippen molar-refractivity contribution in [1.29, 1.82) is 0 Å². The van der Waals surface area contributed by atoms with Crippen LogP contribution in [0, 0.1) is 0 Å². The summed E-state index contributed by atoms with van der Waals surface area (Å²) in [6.45, 7) is 1.88. The van der Waals surface area contributed by atoms with Crippen LogP contribution >= 0.6 is 11.3 Å². The van der Waals surface area contributed by atoms with E-state index in [2.05, 4.69) is 5.32 Å². The number of likely N-dealkylation sites (N-methyl/N-ethyl adjacent to an activating group) is 1. The minimum atomic E-state index is -0.113. The molecule has 3 heteroatoms. The molecule has 0 unspecified atom stereocenters. The Labute approximate surface area is 92.9 Å². The smallest absolute Gasteiger partial charge is 0.189 e. The molecule has 0 bridgehead atoms. The number of hydrogen-bond donors (Lipinski definition) is 1. The molecule has 2 rings (SSSR count). The van der Waals surface area contributed by atoms with E-state index in [1.807, 2.05) is 37.3 Å². The van der Waals surface area contributed by atoms with Crippen LogP contribution in [0.2, 0.25) is 0 Å². The van der Waals surface area contributed by atoms with Gasteiger partial charge in [-0.25, -0.2) is 0 Å². The Morgan fingerprint density at radius 1 is 1.40 bits per heavy atom. The van der Waals surface area contributed by atoms with Gasteiger partial charge in [-0.05, 0) is 31.5 Å². The Bertz CT molecular complexity index is 456. The van der Waals surface area contributed by atoms with E-state index in [4.69, 9.17) is 0 Å². The average Bonchev–Trinajstić information content (AvgIpc) is 2.70. The first-order valence-corrected chi connectivity index (χ1v) is 5.74. The zero-order chi connectivity index (χ0) is 10.8. The standard InChI is InChI=1S/C12H13NOS/c1-8(13-2)12(14)11-7-9-5-3-4-6-10(9)15-11/h3-8,13H,1-2H3/t8-/m1/s1. The lowest BCUT2D eigenvalue weighted by Crippen LogP contribution is -2.30. The molecule has 2 nitrogen and oxygen atoms in total.